The van der Waals surface area contributed by atoms with Crippen molar-refractivity contribution in [3.8, 4) is 5.75 Å². The number of benzene rings is 1. The Labute approximate surface area is 98.9 Å². The molecular formula is C10H9BrF2N2O. The quantitative estimate of drug-likeness (QED) is 0.880. The van der Waals surface area contributed by atoms with Gasteiger partial charge in [-0.3, -0.25) is 0 Å². The third-order valence-corrected chi connectivity index (χ3v) is 2.80. The van der Waals surface area contributed by atoms with E-state index in [0.29, 0.717) is 16.7 Å². The molecule has 0 aliphatic carbocycles. The fraction of sp³-hybridized carbons (Fsp3) is 0.300. The van der Waals surface area contributed by atoms with Crippen LogP contribution in [0.4, 0.5) is 8.78 Å². The molecule has 0 fully saturated rings. The average Bonchev–Trinajstić information content (AvgIpc) is 2.69. The molecule has 16 heavy (non-hydrogen) atoms. The van der Waals surface area contributed by atoms with Gasteiger partial charge in [-0.1, -0.05) is 15.9 Å². The summed E-state index contributed by atoms with van der Waals surface area (Å²) in [5, 5.41) is 0.493. The number of methoxy groups -OCH3 is 1. The van der Waals surface area contributed by atoms with Gasteiger partial charge >= 0.3 is 0 Å². The summed E-state index contributed by atoms with van der Waals surface area (Å²) >= 11 is 3.22. The van der Waals surface area contributed by atoms with Crippen LogP contribution < -0.4 is 4.74 Å². The first-order chi connectivity index (χ1) is 7.67. The van der Waals surface area contributed by atoms with Crippen molar-refractivity contribution in [2.45, 2.75) is 11.8 Å². The van der Waals surface area contributed by atoms with Crippen molar-refractivity contribution in [2.75, 3.05) is 7.11 Å². The molecule has 0 aliphatic heterocycles. The summed E-state index contributed by atoms with van der Waals surface area (Å²) in [6.07, 6.45) is -2.61. The van der Waals surface area contributed by atoms with Crippen molar-refractivity contribution in [1.82, 2.24) is 9.97 Å². The van der Waals surface area contributed by atoms with Crippen molar-refractivity contribution in [2.24, 2.45) is 0 Å². The van der Waals surface area contributed by atoms with Crippen LogP contribution in [0.1, 0.15) is 17.8 Å². The Balaban J connectivity index is 2.72. The topological polar surface area (TPSA) is 37.9 Å². The minimum atomic E-state index is -2.61. The van der Waals surface area contributed by atoms with E-state index in [4.69, 9.17) is 4.74 Å². The Hall–Kier alpha value is -1.17. The second kappa shape index (κ2) is 4.37. The summed E-state index contributed by atoms with van der Waals surface area (Å²) in [7, 11) is 1.37. The first-order valence-electron chi connectivity index (χ1n) is 4.57. The van der Waals surface area contributed by atoms with Gasteiger partial charge in [0.2, 0.25) is 0 Å². The zero-order valence-corrected chi connectivity index (χ0v) is 10.0. The molecule has 0 amide bonds. The van der Waals surface area contributed by atoms with Gasteiger partial charge in [-0.25, -0.2) is 13.8 Å². The number of rotatable bonds is 3. The number of imidazole rings is 1. The van der Waals surface area contributed by atoms with Gasteiger partial charge in [-0.15, -0.1) is 0 Å². The highest BCUT2D eigenvalue weighted by molar-refractivity contribution is 9.08. The molecular weight excluding hydrogens is 282 g/mol. The number of nitrogens with zero attached hydrogens (tertiary/aromatic N) is 1. The molecule has 86 valence electrons. The van der Waals surface area contributed by atoms with Crippen LogP contribution in [0, 0.1) is 0 Å². The molecule has 6 heteroatoms. The summed E-state index contributed by atoms with van der Waals surface area (Å²) < 4.78 is 30.7. The molecule has 2 aromatic rings. The summed E-state index contributed by atoms with van der Waals surface area (Å²) in [6.45, 7) is 0. The van der Waals surface area contributed by atoms with Gasteiger partial charge in [0.15, 0.2) is 0 Å². The lowest BCUT2D eigenvalue weighted by atomic mass is 10.1. The minimum Gasteiger partial charge on any atom is -0.496 e. The SMILES string of the molecule is COc1ccc2[nH]c(CBr)nc2c1C(F)F. The molecule has 0 atom stereocenters. The lowest BCUT2D eigenvalue weighted by Crippen LogP contribution is -1.93. The van der Waals surface area contributed by atoms with Crippen molar-refractivity contribution >= 4 is 27.0 Å². The predicted molar refractivity (Wildman–Crippen MR) is 60.2 cm³/mol. The summed E-state index contributed by atoms with van der Waals surface area (Å²) in [6, 6.07) is 3.19. The molecule has 0 aliphatic rings. The molecule has 3 nitrogen and oxygen atoms in total. The predicted octanol–water partition coefficient (Wildman–Crippen LogP) is 3.40. The van der Waals surface area contributed by atoms with E-state index in [-0.39, 0.29) is 16.8 Å². The number of hydrogen-bond donors (Lipinski definition) is 1. The van der Waals surface area contributed by atoms with Crippen LogP contribution in [-0.4, -0.2) is 17.1 Å². The number of aromatic nitrogens is 2. The lowest BCUT2D eigenvalue weighted by molar-refractivity contribution is 0.148. The number of H-pyrrole nitrogens is 1. The minimum absolute atomic E-state index is 0.162. The zero-order valence-electron chi connectivity index (χ0n) is 8.43. The fourth-order valence-corrected chi connectivity index (χ4v) is 1.85. The van der Waals surface area contributed by atoms with Gasteiger partial charge in [0.05, 0.1) is 23.5 Å². The largest absolute Gasteiger partial charge is 0.496 e. The maximum absolute atomic E-state index is 12.9. The van der Waals surface area contributed by atoms with Gasteiger partial charge in [0, 0.05) is 0 Å². The molecule has 0 saturated carbocycles. The Morgan fingerprint density at radius 2 is 2.25 bits per heavy atom. The second-order valence-electron chi connectivity index (χ2n) is 3.20. The summed E-state index contributed by atoms with van der Waals surface area (Å²) in [4.78, 5) is 7.04. The van der Waals surface area contributed by atoms with E-state index in [1.807, 2.05) is 0 Å². The van der Waals surface area contributed by atoms with E-state index in [9.17, 15) is 8.78 Å². The molecule has 0 spiro atoms. The highest BCUT2D eigenvalue weighted by Gasteiger charge is 2.20. The van der Waals surface area contributed by atoms with Gasteiger partial charge < -0.3 is 9.72 Å². The number of ether oxygens (including phenoxy) is 1. The number of aromatic amines is 1. The molecule has 1 aromatic carbocycles. The van der Waals surface area contributed by atoms with Crippen LogP contribution in [-0.2, 0) is 5.33 Å². The Morgan fingerprint density at radius 1 is 1.50 bits per heavy atom. The highest BCUT2D eigenvalue weighted by atomic mass is 79.9. The first kappa shape index (κ1) is 11.3. The van der Waals surface area contributed by atoms with Gasteiger partial charge in [0.1, 0.15) is 17.1 Å². The second-order valence-corrected chi connectivity index (χ2v) is 3.76. The molecule has 0 bridgehead atoms. The molecule has 0 unspecified atom stereocenters. The van der Waals surface area contributed by atoms with Crippen molar-refractivity contribution in [3.63, 3.8) is 0 Å². The summed E-state index contributed by atoms with van der Waals surface area (Å²) in [5.74, 6) is 0.778. The lowest BCUT2D eigenvalue weighted by Gasteiger charge is -2.07. The fourth-order valence-electron chi connectivity index (χ4n) is 1.58. The smallest absolute Gasteiger partial charge is 0.269 e. The van der Waals surface area contributed by atoms with E-state index < -0.39 is 6.43 Å². The van der Waals surface area contributed by atoms with Crippen LogP contribution in [0.3, 0.4) is 0 Å². The highest BCUT2D eigenvalue weighted by Crippen LogP contribution is 2.34. The third-order valence-electron chi connectivity index (χ3n) is 2.27. The van der Waals surface area contributed by atoms with Crippen LogP contribution in [0.2, 0.25) is 0 Å². The van der Waals surface area contributed by atoms with E-state index >= 15 is 0 Å². The Kier molecular flexibility index (Phi) is 3.09. The van der Waals surface area contributed by atoms with Gasteiger partial charge in [0.25, 0.3) is 6.43 Å². The van der Waals surface area contributed by atoms with Crippen LogP contribution in [0.25, 0.3) is 11.0 Å². The van der Waals surface area contributed by atoms with Crippen molar-refractivity contribution in [1.29, 1.82) is 0 Å². The molecule has 0 saturated heterocycles. The molecule has 2 rings (SSSR count). The first-order valence-corrected chi connectivity index (χ1v) is 5.69. The monoisotopic (exact) mass is 290 g/mol. The maximum atomic E-state index is 12.9. The molecule has 1 N–H and O–H groups in total. The zero-order chi connectivity index (χ0) is 11.7. The molecule has 1 aromatic heterocycles. The van der Waals surface area contributed by atoms with E-state index in [1.54, 1.807) is 6.07 Å². The van der Waals surface area contributed by atoms with Gasteiger partial charge in [-0.2, -0.15) is 0 Å². The van der Waals surface area contributed by atoms with E-state index in [1.165, 1.54) is 13.2 Å². The third kappa shape index (κ3) is 1.77. The standard InChI is InChI=1S/C10H9BrF2N2O/c1-16-6-3-2-5-9(8(6)10(12)13)15-7(4-11)14-5/h2-3,10H,4H2,1H3,(H,14,15). The van der Waals surface area contributed by atoms with Crippen LogP contribution in [0.15, 0.2) is 12.1 Å². The Bertz CT molecular complexity index is 513. The maximum Gasteiger partial charge on any atom is 0.269 e. The number of alkyl halides is 3. The number of fused-ring (bicyclic) bond motifs is 1. The van der Waals surface area contributed by atoms with Gasteiger partial charge in [-0.05, 0) is 12.1 Å². The molecule has 0 radical (unpaired) electrons. The summed E-state index contributed by atoms with van der Waals surface area (Å²) in [5.41, 5.74) is 0.692. The molecule has 1 heterocycles. The number of hydrogen-bond acceptors (Lipinski definition) is 2. The normalized spacial score (nSPS) is 11.3. The number of nitrogens with one attached hydrogen (secondary N) is 1. The van der Waals surface area contributed by atoms with E-state index in [2.05, 4.69) is 25.9 Å². The van der Waals surface area contributed by atoms with Crippen molar-refractivity contribution < 1.29 is 13.5 Å². The van der Waals surface area contributed by atoms with Crippen LogP contribution in [0.5, 0.6) is 5.75 Å². The van der Waals surface area contributed by atoms with E-state index in [0.717, 1.165) is 0 Å². The number of halogens is 3. The average molecular weight is 291 g/mol. The van der Waals surface area contributed by atoms with Crippen molar-refractivity contribution in [3.05, 3.63) is 23.5 Å². The van der Waals surface area contributed by atoms with Crippen LogP contribution >= 0.6 is 15.9 Å². The Morgan fingerprint density at radius 3 is 2.81 bits per heavy atom.